The van der Waals surface area contributed by atoms with Crippen LogP contribution in [0, 0.1) is 0 Å². The summed E-state index contributed by atoms with van der Waals surface area (Å²) in [5, 5.41) is 7.87. The molecule has 0 bridgehead atoms. The van der Waals surface area contributed by atoms with Crippen LogP contribution in [-0.4, -0.2) is 22.9 Å². The van der Waals surface area contributed by atoms with E-state index in [1.54, 1.807) is 0 Å². The predicted molar refractivity (Wildman–Crippen MR) is 57.5 cm³/mol. The molecule has 1 fully saturated rings. The summed E-state index contributed by atoms with van der Waals surface area (Å²) in [6.45, 7) is 8.82. The largest absolute Gasteiger partial charge is 0.315 e. The molecule has 0 radical (unpaired) electrons. The van der Waals surface area contributed by atoms with Crippen molar-refractivity contribution in [2.24, 2.45) is 7.05 Å². The van der Waals surface area contributed by atoms with E-state index < -0.39 is 0 Å². The highest BCUT2D eigenvalue weighted by atomic mass is 15.3. The van der Waals surface area contributed by atoms with Crippen molar-refractivity contribution >= 4 is 0 Å². The Labute approximate surface area is 85.5 Å². The minimum atomic E-state index is 0.160. The van der Waals surface area contributed by atoms with Gasteiger partial charge in [0.15, 0.2) is 0 Å². The van der Waals surface area contributed by atoms with Crippen molar-refractivity contribution < 1.29 is 0 Å². The molecule has 14 heavy (non-hydrogen) atoms. The van der Waals surface area contributed by atoms with E-state index in [0.29, 0.717) is 5.92 Å². The van der Waals surface area contributed by atoms with Gasteiger partial charge in [0.05, 0.1) is 5.69 Å². The van der Waals surface area contributed by atoms with Crippen LogP contribution in [0.5, 0.6) is 0 Å². The summed E-state index contributed by atoms with van der Waals surface area (Å²) in [5.74, 6) is 0.670. The Morgan fingerprint density at radius 1 is 1.43 bits per heavy atom. The van der Waals surface area contributed by atoms with Gasteiger partial charge < -0.3 is 5.32 Å². The van der Waals surface area contributed by atoms with Gasteiger partial charge in [0.2, 0.25) is 0 Å². The number of nitrogens with one attached hydrogen (secondary N) is 1. The quantitative estimate of drug-likeness (QED) is 0.730. The number of rotatable bonds is 1. The van der Waals surface area contributed by atoms with E-state index in [4.69, 9.17) is 0 Å². The summed E-state index contributed by atoms with van der Waals surface area (Å²) in [6, 6.07) is 2.26. The molecule has 1 aliphatic rings. The maximum absolute atomic E-state index is 4.57. The molecule has 0 aromatic carbocycles. The predicted octanol–water partition coefficient (Wildman–Crippen LogP) is 1.40. The molecule has 0 spiro atoms. The summed E-state index contributed by atoms with van der Waals surface area (Å²) in [7, 11) is 2.04. The zero-order valence-electron chi connectivity index (χ0n) is 9.46. The number of hydrogen-bond acceptors (Lipinski definition) is 2. The van der Waals surface area contributed by atoms with Crippen LogP contribution in [-0.2, 0) is 12.5 Å². The maximum atomic E-state index is 4.57. The second-order valence-corrected chi connectivity index (χ2v) is 5.18. The van der Waals surface area contributed by atoms with Gasteiger partial charge in [-0.3, -0.25) is 4.68 Å². The lowest BCUT2D eigenvalue weighted by Crippen LogP contribution is -2.40. The van der Waals surface area contributed by atoms with Gasteiger partial charge in [-0.2, -0.15) is 5.10 Å². The van der Waals surface area contributed by atoms with Crippen LogP contribution in [0.2, 0.25) is 0 Å². The first kappa shape index (κ1) is 9.71. The summed E-state index contributed by atoms with van der Waals surface area (Å²) in [4.78, 5) is 0. The van der Waals surface area contributed by atoms with Gasteiger partial charge in [-0.05, 0) is 6.07 Å². The highest BCUT2D eigenvalue weighted by Crippen LogP contribution is 2.26. The Morgan fingerprint density at radius 3 is 2.43 bits per heavy atom. The number of aromatic nitrogens is 2. The fourth-order valence-corrected chi connectivity index (χ4v) is 1.73. The van der Waals surface area contributed by atoms with Crippen molar-refractivity contribution in [1.29, 1.82) is 0 Å². The third-order valence-electron chi connectivity index (χ3n) is 2.88. The third-order valence-corrected chi connectivity index (χ3v) is 2.88. The Balaban J connectivity index is 2.29. The molecule has 3 heteroatoms. The lowest BCUT2D eigenvalue weighted by Gasteiger charge is -2.26. The number of hydrogen-bond donors (Lipinski definition) is 1. The van der Waals surface area contributed by atoms with E-state index in [1.165, 1.54) is 11.4 Å². The Bertz CT molecular complexity index is 329. The molecule has 0 saturated carbocycles. The molecule has 2 rings (SSSR count). The zero-order chi connectivity index (χ0) is 10.3. The Kier molecular flexibility index (Phi) is 2.14. The minimum absolute atomic E-state index is 0.160. The molecule has 0 unspecified atom stereocenters. The zero-order valence-corrected chi connectivity index (χ0v) is 9.46. The lowest BCUT2D eigenvalue weighted by atomic mass is 9.90. The van der Waals surface area contributed by atoms with Crippen LogP contribution >= 0.6 is 0 Å². The highest BCUT2D eigenvalue weighted by molar-refractivity contribution is 5.22. The highest BCUT2D eigenvalue weighted by Gasteiger charge is 2.25. The van der Waals surface area contributed by atoms with Crippen molar-refractivity contribution in [3.63, 3.8) is 0 Å². The van der Waals surface area contributed by atoms with Crippen molar-refractivity contribution in [3.05, 3.63) is 17.5 Å². The monoisotopic (exact) mass is 193 g/mol. The minimum Gasteiger partial charge on any atom is -0.315 e. The van der Waals surface area contributed by atoms with Crippen molar-refractivity contribution in [3.8, 4) is 0 Å². The van der Waals surface area contributed by atoms with Gasteiger partial charge in [0.1, 0.15) is 0 Å². The van der Waals surface area contributed by atoms with E-state index in [0.717, 1.165) is 13.1 Å². The number of aryl methyl sites for hydroxylation is 1. The van der Waals surface area contributed by atoms with E-state index in [2.05, 4.69) is 37.3 Å². The first-order valence-electron chi connectivity index (χ1n) is 5.23. The molecule has 1 aromatic heterocycles. The van der Waals surface area contributed by atoms with Gasteiger partial charge in [-0.1, -0.05) is 20.8 Å². The Hall–Kier alpha value is -0.830. The van der Waals surface area contributed by atoms with Crippen LogP contribution in [0.1, 0.15) is 38.1 Å². The standard InChI is InChI=1S/C11H19N3/c1-11(2,3)10-5-9(14(4)13-10)8-6-12-7-8/h5,8,12H,6-7H2,1-4H3. The lowest BCUT2D eigenvalue weighted by molar-refractivity contribution is 0.424. The number of nitrogens with zero attached hydrogens (tertiary/aromatic N) is 2. The van der Waals surface area contributed by atoms with Crippen molar-refractivity contribution in [2.75, 3.05) is 13.1 Å². The smallest absolute Gasteiger partial charge is 0.0680 e. The van der Waals surface area contributed by atoms with Gasteiger partial charge in [0.25, 0.3) is 0 Å². The summed E-state index contributed by atoms with van der Waals surface area (Å²) >= 11 is 0. The Morgan fingerprint density at radius 2 is 2.07 bits per heavy atom. The molecule has 1 aromatic rings. The van der Waals surface area contributed by atoms with E-state index in [-0.39, 0.29) is 5.41 Å². The van der Waals surface area contributed by atoms with E-state index in [9.17, 15) is 0 Å². The molecule has 0 aliphatic carbocycles. The second kappa shape index (κ2) is 3.09. The second-order valence-electron chi connectivity index (χ2n) is 5.18. The van der Waals surface area contributed by atoms with Gasteiger partial charge >= 0.3 is 0 Å². The molecule has 0 amide bonds. The van der Waals surface area contributed by atoms with Crippen molar-refractivity contribution in [2.45, 2.75) is 32.1 Å². The van der Waals surface area contributed by atoms with Crippen molar-refractivity contribution in [1.82, 2.24) is 15.1 Å². The fraction of sp³-hybridized carbons (Fsp3) is 0.727. The molecule has 78 valence electrons. The first-order chi connectivity index (χ1) is 6.48. The fourth-order valence-electron chi connectivity index (χ4n) is 1.73. The summed E-state index contributed by atoms with van der Waals surface area (Å²) < 4.78 is 2.03. The molecule has 0 atom stereocenters. The van der Waals surface area contributed by atoms with E-state index >= 15 is 0 Å². The molecule has 1 aliphatic heterocycles. The first-order valence-corrected chi connectivity index (χ1v) is 5.23. The topological polar surface area (TPSA) is 29.9 Å². The molecule has 2 heterocycles. The molecule has 1 N–H and O–H groups in total. The summed E-state index contributed by atoms with van der Waals surface area (Å²) in [6.07, 6.45) is 0. The van der Waals surface area contributed by atoms with Gasteiger partial charge in [0, 0.05) is 37.2 Å². The van der Waals surface area contributed by atoms with Crippen LogP contribution in [0.3, 0.4) is 0 Å². The van der Waals surface area contributed by atoms with Gasteiger partial charge in [-0.25, -0.2) is 0 Å². The molecule has 3 nitrogen and oxygen atoms in total. The van der Waals surface area contributed by atoms with Crippen LogP contribution in [0.4, 0.5) is 0 Å². The van der Waals surface area contributed by atoms with Gasteiger partial charge in [-0.15, -0.1) is 0 Å². The summed E-state index contributed by atoms with van der Waals surface area (Å²) in [5.41, 5.74) is 2.73. The molecular formula is C11H19N3. The average Bonchev–Trinajstić information content (AvgIpc) is 2.28. The van der Waals surface area contributed by atoms with E-state index in [1.807, 2.05) is 11.7 Å². The maximum Gasteiger partial charge on any atom is 0.0680 e. The third kappa shape index (κ3) is 1.57. The molecular weight excluding hydrogens is 174 g/mol. The SMILES string of the molecule is Cn1nc(C(C)(C)C)cc1C1CNC1. The average molecular weight is 193 g/mol. The molecule has 1 saturated heterocycles. The van der Waals surface area contributed by atoms with Crippen LogP contribution in [0.25, 0.3) is 0 Å². The normalized spacial score (nSPS) is 18.3. The van der Waals surface area contributed by atoms with Crippen LogP contribution in [0.15, 0.2) is 6.07 Å². The van der Waals surface area contributed by atoms with Crippen LogP contribution < -0.4 is 5.32 Å².